The predicted molar refractivity (Wildman–Crippen MR) is 68.9 cm³/mol. The molecule has 0 aromatic rings. The van der Waals surface area contributed by atoms with E-state index in [0.717, 1.165) is 32.1 Å². The summed E-state index contributed by atoms with van der Waals surface area (Å²) in [7, 11) is 1.95. The fourth-order valence-electron chi connectivity index (χ4n) is 2.94. The molecule has 1 amide bonds. The highest BCUT2D eigenvalue weighted by Crippen LogP contribution is 2.24. The summed E-state index contributed by atoms with van der Waals surface area (Å²) >= 11 is 0. The number of nitrogens with zero attached hydrogens (tertiary/aromatic N) is 1. The van der Waals surface area contributed by atoms with Gasteiger partial charge in [-0.15, -0.1) is 0 Å². The second kappa shape index (κ2) is 6.36. The van der Waals surface area contributed by atoms with Crippen LogP contribution >= 0.6 is 0 Å². The van der Waals surface area contributed by atoms with Crippen molar-refractivity contribution in [2.45, 2.75) is 38.1 Å². The van der Waals surface area contributed by atoms with E-state index in [9.17, 15) is 4.79 Å². The third-order valence-corrected chi connectivity index (χ3v) is 3.97. The van der Waals surface area contributed by atoms with Crippen molar-refractivity contribution in [2.24, 2.45) is 5.92 Å². The highest BCUT2D eigenvalue weighted by atomic mass is 16.2. The molecular formula is C13H25N3O. The Balaban J connectivity index is 1.77. The van der Waals surface area contributed by atoms with Gasteiger partial charge < -0.3 is 15.5 Å². The molecular weight excluding hydrogens is 214 g/mol. The van der Waals surface area contributed by atoms with E-state index in [0.29, 0.717) is 0 Å². The largest absolute Gasteiger partial charge is 0.344 e. The van der Waals surface area contributed by atoms with E-state index in [-0.39, 0.29) is 11.9 Å². The normalized spacial score (nSPS) is 26.8. The molecule has 4 heteroatoms. The average Bonchev–Trinajstić information content (AvgIpc) is 2.40. The van der Waals surface area contributed by atoms with Crippen LogP contribution in [-0.4, -0.2) is 50.1 Å². The van der Waals surface area contributed by atoms with Crippen LogP contribution in [0.25, 0.3) is 0 Å². The molecule has 2 rings (SSSR count). The van der Waals surface area contributed by atoms with Crippen LogP contribution in [0.15, 0.2) is 0 Å². The standard InChI is InChI=1S/C13H25N3O/c1-16(10-11-5-3-2-4-6-11)13(17)12-9-14-7-8-15-12/h11-12,14-15H,2-10H2,1H3. The number of hydrogen-bond acceptors (Lipinski definition) is 3. The summed E-state index contributed by atoms with van der Waals surface area (Å²) in [6, 6.07) is -0.0164. The van der Waals surface area contributed by atoms with Gasteiger partial charge in [-0.25, -0.2) is 0 Å². The molecule has 1 aliphatic heterocycles. The molecule has 17 heavy (non-hydrogen) atoms. The van der Waals surface area contributed by atoms with Crippen LogP contribution in [0.2, 0.25) is 0 Å². The van der Waals surface area contributed by atoms with Crippen LogP contribution in [0.1, 0.15) is 32.1 Å². The van der Waals surface area contributed by atoms with Gasteiger partial charge in [-0.1, -0.05) is 19.3 Å². The Hall–Kier alpha value is -0.610. The SMILES string of the molecule is CN(CC1CCCCC1)C(=O)C1CNCCN1. The van der Waals surface area contributed by atoms with E-state index in [4.69, 9.17) is 0 Å². The first-order valence-electron chi connectivity index (χ1n) is 6.96. The topological polar surface area (TPSA) is 44.4 Å². The predicted octanol–water partition coefficient (Wildman–Crippen LogP) is 0.587. The first kappa shape index (κ1) is 12.8. The second-order valence-corrected chi connectivity index (χ2v) is 5.43. The van der Waals surface area contributed by atoms with Gasteiger partial charge in [-0.2, -0.15) is 0 Å². The second-order valence-electron chi connectivity index (χ2n) is 5.43. The molecule has 0 spiro atoms. The van der Waals surface area contributed by atoms with Crippen LogP contribution in [0.3, 0.4) is 0 Å². The summed E-state index contributed by atoms with van der Waals surface area (Å²) in [5.41, 5.74) is 0. The number of amides is 1. The van der Waals surface area contributed by atoms with Gasteiger partial charge in [0.25, 0.3) is 0 Å². The Kier molecular flexibility index (Phi) is 4.80. The van der Waals surface area contributed by atoms with Crippen molar-refractivity contribution in [3.63, 3.8) is 0 Å². The molecule has 2 aliphatic rings. The van der Waals surface area contributed by atoms with Crippen molar-refractivity contribution in [1.29, 1.82) is 0 Å². The Bertz CT molecular complexity index is 245. The van der Waals surface area contributed by atoms with Crippen LogP contribution in [0.5, 0.6) is 0 Å². The first-order chi connectivity index (χ1) is 8.27. The quantitative estimate of drug-likeness (QED) is 0.757. The number of rotatable bonds is 3. The van der Waals surface area contributed by atoms with Crippen LogP contribution < -0.4 is 10.6 Å². The van der Waals surface area contributed by atoms with Crippen molar-refractivity contribution < 1.29 is 4.79 Å². The van der Waals surface area contributed by atoms with Crippen molar-refractivity contribution in [2.75, 3.05) is 33.2 Å². The van der Waals surface area contributed by atoms with Gasteiger partial charge >= 0.3 is 0 Å². The smallest absolute Gasteiger partial charge is 0.240 e. The fourth-order valence-corrected chi connectivity index (χ4v) is 2.94. The molecule has 1 atom stereocenters. The zero-order chi connectivity index (χ0) is 12.1. The lowest BCUT2D eigenvalue weighted by atomic mass is 9.89. The highest BCUT2D eigenvalue weighted by molar-refractivity contribution is 5.82. The molecule has 4 nitrogen and oxygen atoms in total. The van der Waals surface area contributed by atoms with Crippen molar-refractivity contribution in [3.8, 4) is 0 Å². The molecule has 98 valence electrons. The Morgan fingerprint density at radius 3 is 2.65 bits per heavy atom. The molecule has 0 aromatic carbocycles. The highest BCUT2D eigenvalue weighted by Gasteiger charge is 2.25. The summed E-state index contributed by atoms with van der Waals surface area (Å²) < 4.78 is 0. The third kappa shape index (κ3) is 3.68. The maximum Gasteiger partial charge on any atom is 0.240 e. The summed E-state index contributed by atoms with van der Waals surface area (Å²) in [6.07, 6.45) is 6.66. The molecule has 1 heterocycles. The number of likely N-dealkylation sites (N-methyl/N-ethyl adjacent to an activating group) is 1. The lowest BCUT2D eigenvalue weighted by Gasteiger charge is -2.31. The summed E-state index contributed by atoms with van der Waals surface area (Å²) in [5, 5.41) is 6.55. The Morgan fingerprint density at radius 2 is 2.00 bits per heavy atom. The molecule has 1 saturated heterocycles. The van der Waals surface area contributed by atoms with E-state index in [1.54, 1.807) is 0 Å². The van der Waals surface area contributed by atoms with Gasteiger partial charge in [0.05, 0.1) is 6.04 Å². The fraction of sp³-hybridized carbons (Fsp3) is 0.923. The lowest BCUT2D eigenvalue weighted by molar-refractivity contribution is -0.133. The van der Waals surface area contributed by atoms with Gasteiger partial charge in [0.1, 0.15) is 0 Å². The van der Waals surface area contributed by atoms with E-state index < -0.39 is 0 Å². The molecule has 0 aromatic heterocycles. The zero-order valence-corrected chi connectivity index (χ0v) is 10.9. The van der Waals surface area contributed by atoms with E-state index >= 15 is 0 Å². The minimum Gasteiger partial charge on any atom is -0.344 e. The Morgan fingerprint density at radius 1 is 1.24 bits per heavy atom. The van der Waals surface area contributed by atoms with Crippen LogP contribution in [-0.2, 0) is 4.79 Å². The molecule has 1 aliphatic carbocycles. The third-order valence-electron chi connectivity index (χ3n) is 3.97. The number of carbonyl (C=O) groups excluding carboxylic acids is 1. The van der Waals surface area contributed by atoms with E-state index in [2.05, 4.69) is 10.6 Å². The Labute approximate surface area is 104 Å². The summed E-state index contributed by atoms with van der Waals surface area (Å²) in [4.78, 5) is 14.1. The van der Waals surface area contributed by atoms with Crippen molar-refractivity contribution >= 4 is 5.91 Å². The van der Waals surface area contributed by atoms with Crippen molar-refractivity contribution in [1.82, 2.24) is 15.5 Å². The molecule has 1 saturated carbocycles. The maximum atomic E-state index is 12.2. The van der Waals surface area contributed by atoms with Crippen LogP contribution in [0, 0.1) is 5.92 Å². The maximum absolute atomic E-state index is 12.2. The van der Waals surface area contributed by atoms with Gasteiger partial charge in [-0.05, 0) is 18.8 Å². The monoisotopic (exact) mass is 239 g/mol. The van der Waals surface area contributed by atoms with E-state index in [1.165, 1.54) is 32.1 Å². The van der Waals surface area contributed by atoms with E-state index in [1.807, 2.05) is 11.9 Å². The first-order valence-corrected chi connectivity index (χ1v) is 6.96. The average molecular weight is 239 g/mol. The van der Waals surface area contributed by atoms with Gasteiger partial charge in [0.2, 0.25) is 5.91 Å². The molecule has 0 bridgehead atoms. The summed E-state index contributed by atoms with van der Waals surface area (Å²) in [6.45, 7) is 3.58. The number of piperazine rings is 1. The van der Waals surface area contributed by atoms with Crippen molar-refractivity contribution in [3.05, 3.63) is 0 Å². The minimum atomic E-state index is -0.0164. The summed E-state index contributed by atoms with van der Waals surface area (Å²) in [5.74, 6) is 0.983. The lowest BCUT2D eigenvalue weighted by Crippen LogP contribution is -2.56. The zero-order valence-electron chi connectivity index (χ0n) is 10.9. The van der Waals surface area contributed by atoms with Crippen LogP contribution in [0.4, 0.5) is 0 Å². The molecule has 2 N–H and O–H groups in total. The molecule has 1 unspecified atom stereocenters. The number of hydrogen-bond donors (Lipinski definition) is 2. The molecule has 0 radical (unpaired) electrons. The minimum absolute atomic E-state index is 0.0164. The molecule has 2 fully saturated rings. The van der Waals surface area contributed by atoms with Gasteiger partial charge in [0.15, 0.2) is 0 Å². The number of carbonyl (C=O) groups is 1. The number of nitrogens with one attached hydrogen (secondary N) is 2. The van der Waals surface area contributed by atoms with Gasteiger partial charge in [-0.3, -0.25) is 4.79 Å². The van der Waals surface area contributed by atoms with Gasteiger partial charge in [0, 0.05) is 33.2 Å².